The maximum absolute atomic E-state index is 5.77. The molecule has 0 amide bonds. The Bertz CT molecular complexity index is 531. The molecule has 2 heterocycles. The number of aryl methyl sites for hydroxylation is 2. The lowest BCUT2D eigenvalue weighted by Crippen LogP contribution is -2.09. The van der Waals surface area contributed by atoms with Gasteiger partial charge in [-0.1, -0.05) is 6.92 Å². The van der Waals surface area contributed by atoms with E-state index in [4.69, 9.17) is 5.73 Å². The van der Waals surface area contributed by atoms with Crippen LogP contribution in [0.1, 0.15) is 29.4 Å². The number of nitrogens with two attached hydrogens (primary N) is 1. The van der Waals surface area contributed by atoms with Crippen molar-refractivity contribution in [3.63, 3.8) is 0 Å². The Kier molecular flexibility index (Phi) is 3.54. The molecule has 2 rings (SSSR count). The van der Waals surface area contributed by atoms with Gasteiger partial charge in [0.1, 0.15) is 0 Å². The molecule has 0 radical (unpaired) electrons. The van der Waals surface area contributed by atoms with E-state index in [0.717, 1.165) is 28.5 Å². The molecule has 2 N–H and O–H groups in total. The van der Waals surface area contributed by atoms with Gasteiger partial charge in [-0.25, -0.2) is 9.97 Å². The number of aromatic nitrogens is 2. The molecular formula is C13H17N3S. The quantitative estimate of drug-likeness (QED) is 0.907. The molecule has 0 aliphatic heterocycles. The first-order valence-electron chi connectivity index (χ1n) is 5.78. The van der Waals surface area contributed by atoms with Crippen LogP contribution in [0.15, 0.2) is 11.4 Å². The molecule has 17 heavy (non-hydrogen) atoms. The molecule has 0 saturated carbocycles. The molecule has 2 aromatic heterocycles. The van der Waals surface area contributed by atoms with Gasteiger partial charge in [-0.05, 0) is 42.8 Å². The summed E-state index contributed by atoms with van der Waals surface area (Å²) >= 11 is 1.68. The van der Waals surface area contributed by atoms with E-state index in [1.54, 1.807) is 11.3 Å². The molecule has 0 saturated heterocycles. The van der Waals surface area contributed by atoms with Gasteiger partial charge in [0.25, 0.3) is 0 Å². The van der Waals surface area contributed by atoms with Crippen molar-refractivity contribution in [1.82, 2.24) is 9.97 Å². The Balaban J connectivity index is 2.58. The average Bonchev–Trinajstić information content (AvgIpc) is 2.74. The van der Waals surface area contributed by atoms with Gasteiger partial charge in [0.2, 0.25) is 0 Å². The molecule has 0 spiro atoms. The molecule has 2 aromatic rings. The zero-order chi connectivity index (χ0) is 12.4. The summed E-state index contributed by atoms with van der Waals surface area (Å²) in [5, 5.41) is 2.07. The molecule has 0 fully saturated rings. The Labute approximate surface area is 106 Å². The maximum Gasteiger partial charge on any atom is 0.170 e. The van der Waals surface area contributed by atoms with E-state index in [1.807, 2.05) is 6.92 Å². The fourth-order valence-corrected chi connectivity index (χ4v) is 2.85. The fraction of sp³-hybridized carbons (Fsp3) is 0.385. The van der Waals surface area contributed by atoms with Crippen LogP contribution in [0.4, 0.5) is 0 Å². The minimum absolute atomic E-state index is 0.476. The Morgan fingerprint density at radius 1 is 1.29 bits per heavy atom. The van der Waals surface area contributed by atoms with Crippen LogP contribution in [0.25, 0.3) is 10.7 Å². The van der Waals surface area contributed by atoms with Crippen molar-refractivity contribution >= 4 is 11.3 Å². The number of thiophene rings is 1. The molecule has 0 aliphatic rings. The van der Waals surface area contributed by atoms with Crippen LogP contribution >= 0.6 is 11.3 Å². The van der Waals surface area contributed by atoms with Crippen molar-refractivity contribution in [2.24, 2.45) is 5.73 Å². The average molecular weight is 247 g/mol. The van der Waals surface area contributed by atoms with Crippen LogP contribution in [-0.4, -0.2) is 9.97 Å². The summed E-state index contributed by atoms with van der Waals surface area (Å²) in [4.78, 5) is 10.3. The zero-order valence-electron chi connectivity index (χ0n) is 10.4. The minimum atomic E-state index is 0.476. The van der Waals surface area contributed by atoms with Gasteiger partial charge in [0, 0.05) is 12.2 Å². The van der Waals surface area contributed by atoms with E-state index in [9.17, 15) is 0 Å². The lowest BCUT2D eigenvalue weighted by Gasteiger charge is -2.10. The zero-order valence-corrected chi connectivity index (χ0v) is 11.3. The first-order chi connectivity index (χ1) is 8.17. The third-order valence-corrected chi connectivity index (χ3v) is 3.92. The van der Waals surface area contributed by atoms with E-state index in [1.165, 1.54) is 11.1 Å². The van der Waals surface area contributed by atoms with Crippen molar-refractivity contribution in [2.75, 3.05) is 0 Å². The highest BCUT2D eigenvalue weighted by Gasteiger charge is 2.12. The largest absolute Gasteiger partial charge is 0.325 e. The van der Waals surface area contributed by atoms with Crippen molar-refractivity contribution in [1.29, 1.82) is 0 Å². The molecule has 0 bridgehead atoms. The summed E-state index contributed by atoms with van der Waals surface area (Å²) in [7, 11) is 0. The van der Waals surface area contributed by atoms with Crippen molar-refractivity contribution in [3.8, 4) is 10.7 Å². The second kappa shape index (κ2) is 4.94. The van der Waals surface area contributed by atoms with Gasteiger partial charge in [0.05, 0.1) is 10.6 Å². The second-order valence-electron chi connectivity index (χ2n) is 4.05. The highest BCUT2D eigenvalue weighted by atomic mass is 32.1. The van der Waals surface area contributed by atoms with Gasteiger partial charge in [-0.15, -0.1) is 11.3 Å². The molecule has 0 unspecified atom stereocenters. The third-order valence-electron chi connectivity index (χ3n) is 2.91. The van der Waals surface area contributed by atoms with Crippen LogP contribution in [0.2, 0.25) is 0 Å². The first-order valence-corrected chi connectivity index (χ1v) is 6.66. The van der Waals surface area contributed by atoms with Crippen LogP contribution in [-0.2, 0) is 13.0 Å². The first kappa shape index (κ1) is 12.2. The SMILES string of the molecule is CCc1c(C)nc(-c2sccc2C)nc1CN. The van der Waals surface area contributed by atoms with Gasteiger partial charge in [-0.3, -0.25) is 0 Å². The Hall–Kier alpha value is -1.26. The smallest absolute Gasteiger partial charge is 0.170 e. The monoisotopic (exact) mass is 247 g/mol. The fourth-order valence-electron chi connectivity index (χ4n) is 1.99. The van der Waals surface area contributed by atoms with E-state index in [0.29, 0.717) is 6.54 Å². The summed E-state index contributed by atoms with van der Waals surface area (Å²) in [6.45, 7) is 6.71. The summed E-state index contributed by atoms with van der Waals surface area (Å²) in [5.74, 6) is 0.813. The molecule has 4 heteroatoms. The number of hydrogen-bond donors (Lipinski definition) is 1. The molecule has 90 valence electrons. The van der Waals surface area contributed by atoms with E-state index in [-0.39, 0.29) is 0 Å². The van der Waals surface area contributed by atoms with Crippen LogP contribution in [0, 0.1) is 13.8 Å². The molecule has 0 atom stereocenters. The third kappa shape index (κ3) is 2.23. The lowest BCUT2D eigenvalue weighted by atomic mass is 10.1. The lowest BCUT2D eigenvalue weighted by molar-refractivity contribution is 0.892. The number of rotatable bonds is 3. The van der Waals surface area contributed by atoms with Gasteiger partial charge < -0.3 is 5.73 Å². The van der Waals surface area contributed by atoms with Crippen molar-refractivity contribution < 1.29 is 0 Å². The standard InChI is InChI=1S/C13H17N3S/c1-4-10-9(3)15-13(16-11(10)7-14)12-8(2)5-6-17-12/h5-6H,4,7,14H2,1-3H3. The van der Waals surface area contributed by atoms with Crippen LogP contribution < -0.4 is 5.73 Å². The predicted molar refractivity (Wildman–Crippen MR) is 72.1 cm³/mol. The van der Waals surface area contributed by atoms with Gasteiger partial charge in [0.15, 0.2) is 5.82 Å². The van der Waals surface area contributed by atoms with E-state index >= 15 is 0 Å². The number of hydrogen-bond acceptors (Lipinski definition) is 4. The number of nitrogens with zero attached hydrogens (tertiary/aromatic N) is 2. The predicted octanol–water partition coefficient (Wildman–Crippen LogP) is 2.84. The highest BCUT2D eigenvalue weighted by Crippen LogP contribution is 2.27. The summed E-state index contributed by atoms with van der Waals surface area (Å²) in [5.41, 5.74) is 10.2. The Morgan fingerprint density at radius 2 is 2.06 bits per heavy atom. The maximum atomic E-state index is 5.77. The van der Waals surface area contributed by atoms with Gasteiger partial charge in [-0.2, -0.15) is 0 Å². The van der Waals surface area contributed by atoms with Crippen LogP contribution in [0.3, 0.4) is 0 Å². The molecule has 0 aliphatic carbocycles. The minimum Gasteiger partial charge on any atom is -0.325 e. The normalized spacial score (nSPS) is 10.8. The Morgan fingerprint density at radius 3 is 2.59 bits per heavy atom. The highest BCUT2D eigenvalue weighted by molar-refractivity contribution is 7.13. The molecular weight excluding hydrogens is 230 g/mol. The molecule has 0 aromatic carbocycles. The van der Waals surface area contributed by atoms with E-state index in [2.05, 4.69) is 35.3 Å². The summed E-state index contributed by atoms with van der Waals surface area (Å²) < 4.78 is 0. The summed E-state index contributed by atoms with van der Waals surface area (Å²) in [6.07, 6.45) is 0.933. The summed E-state index contributed by atoms with van der Waals surface area (Å²) in [6, 6.07) is 2.09. The van der Waals surface area contributed by atoms with Crippen LogP contribution in [0.5, 0.6) is 0 Å². The van der Waals surface area contributed by atoms with Crippen molar-refractivity contribution in [3.05, 3.63) is 34.0 Å². The van der Waals surface area contributed by atoms with Gasteiger partial charge >= 0.3 is 0 Å². The van der Waals surface area contributed by atoms with E-state index < -0.39 is 0 Å². The molecule has 3 nitrogen and oxygen atoms in total. The van der Waals surface area contributed by atoms with Crippen molar-refractivity contribution in [2.45, 2.75) is 33.7 Å². The topological polar surface area (TPSA) is 51.8 Å². The second-order valence-corrected chi connectivity index (χ2v) is 4.96.